The van der Waals surface area contributed by atoms with Crippen LogP contribution in [0, 0.1) is 5.41 Å². The van der Waals surface area contributed by atoms with Crippen LogP contribution in [0.15, 0.2) is 11.8 Å². The van der Waals surface area contributed by atoms with Crippen molar-refractivity contribution in [2.75, 3.05) is 0 Å². The Morgan fingerprint density at radius 2 is 2.14 bits per heavy atom. The first-order valence-electron chi connectivity index (χ1n) is 4.87. The summed E-state index contributed by atoms with van der Waals surface area (Å²) in [6, 6.07) is 0. The molecule has 0 aromatic carbocycles. The van der Waals surface area contributed by atoms with Crippen LogP contribution >= 0.6 is 0 Å². The normalized spacial score (nSPS) is 20.2. The van der Waals surface area contributed by atoms with Crippen molar-refractivity contribution in [3.8, 4) is 0 Å². The van der Waals surface area contributed by atoms with Gasteiger partial charge in [0.05, 0.1) is 0 Å². The lowest BCUT2D eigenvalue weighted by atomic mass is 9.79. The van der Waals surface area contributed by atoms with Gasteiger partial charge >= 0.3 is 5.97 Å². The Labute approximate surface area is 84.1 Å². The van der Waals surface area contributed by atoms with Gasteiger partial charge in [-0.1, -0.05) is 20.8 Å². The fourth-order valence-electron chi connectivity index (χ4n) is 1.57. The molecule has 1 aliphatic rings. The molecule has 3 heteroatoms. The molecule has 3 nitrogen and oxygen atoms in total. The molecule has 0 N–H and O–H groups in total. The minimum Gasteiger partial charge on any atom is -0.431 e. The van der Waals surface area contributed by atoms with Gasteiger partial charge in [-0.2, -0.15) is 0 Å². The second kappa shape index (κ2) is 3.95. The third-order valence-electron chi connectivity index (χ3n) is 2.16. The van der Waals surface area contributed by atoms with Gasteiger partial charge in [-0.15, -0.1) is 0 Å². The minimum atomic E-state index is -0.276. The maximum atomic E-state index is 11.3. The topological polar surface area (TPSA) is 43.4 Å². The predicted molar refractivity (Wildman–Crippen MR) is 52.5 cm³/mol. The van der Waals surface area contributed by atoms with E-state index in [9.17, 15) is 9.59 Å². The van der Waals surface area contributed by atoms with Gasteiger partial charge in [-0.05, 0) is 5.41 Å². The third kappa shape index (κ3) is 2.98. The number of hydrogen-bond donors (Lipinski definition) is 0. The molecule has 0 amide bonds. The molecule has 0 saturated heterocycles. The van der Waals surface area contributed by atoms with Crippen LogP contribution in [0.25, 0.3) is 0 Å². The average molecular weight is 196 g/mol. The molecule has 0 unspecified atom stereocenters. The van der Waals surface area contributed by atoms with Crippen LogP contribution < -0.4 is 0 Å². The summed E-state index contributed by atoms with van der Waals surface area (Å²) in [5.41, 5.74) is -0.0881. The molecule has 0 heterocycles. The fraction of sp³-hybridized carbons (Fsp3) is 0.636. The van der Waals surface area contributed by atoms with E-state index in [-0.39, 0.29) is 17.2 Å². The van der Waals surface area contributed by atoms with Gasteiger partial charge in [0.2, 0.25) is 0 Å². The van der Waals surface area contributed by atoms with Crippen molar-refractivity contribution < 1.29 is 14.3 Å². The van der Waals surface area contributed by atoms with E-state index < -0.39 is 0 Å². The van der Waals surface area contributed by atoms with Crippen molar-refractivity contribution in [3.63, 3.8) is 0 Å². The van der Waals surface area contributed by atoms with Crippen molar-refractivity contribution in [3.05, 3.63) is 11.8 Å². The van der Waals surface area contributed by atoms with Crippen LogP contribution in [0.1, 0.15) is 40.0 Å². The maximum absolute atomic E-state index is 11.3. The summed E-state index contributed by atoms with van der Waals surface area (Å²) in [4.78, 5) is 22.3. The van der Waals surface area contributed by atoms with Crippen molar-refractivity contribution in [2.45, 2.75) is 40.0 Å². The quantitative estimate of drug-likeness (QED) is 0.636. The Bertz CT molecular complexity index is 287. The van der Waals surface area contributed by atoms with Crippen molar-refractivity contribution in [1.82, 2.24) is 0 Å². The van der Waals surface area contributed by atoms with Gasteiger partial charge in [-0.3, -0.25) is 9.59 Å². The van der Waals surface area contributed by atoms with E-state index in [0.717, 1.165) is 0 Å². The number of carbonyl (C=O) groups is 2. The monoisotopic (exact) mass is 196 g/mol. The molecule has 78 valence electrons. The Morgan fingerprint density at radius 1 is 1.50 bits per heavy atom. The van der Waals surface area contributed by atoms with Gasteiger partial charge in [0.15, 0.2) is 5.78 Å². The highest BCUT2D eigenvalue weighted by Crippen LogP contribution is 2.33. The van der Waals surface area contributed by atoms with Crippen LogP contribution in [0.4, 0.5) is 0 Å². The molecule has 0 atom stereocenters. The Morgan fingerprint density at radius 3 is 2.64 bits per heavy atom. The van der Waals surface area contributed by atoms with Crippen LogP contribution in [-0.4, -0.2) is 11.8 Å². The van der Waals surface area contributed by atoms with Crippen LogP contribution in [-0.2, 0) is 14.3 Å². The van der Waals surface area contributed by atoms with Crippen LogP contribution in [0.5, 0.6) is 0 Å². The smallest absolute Gasteiger partial charge is 0.310 e. The van der Waals surface area contributed by atoms with Gasteiger partial charge in [0.25, 0.3) is 0 Å². The van der Waals surface area contributed by atoms with Crippen molar-refractivity contribution in [1.29, 1.82) is 0 Å². The molecule has 0 aromatic rings. The lowest BCUT2D eigenvalue weighted by Gasteiger charge is -2.27. The van der Waals surface area contributed by atoms with Crippen molar-refractivity contribution in [2.24, 2.45) is 5.41 Å². The van der Waals surface area contributed by atoms with Gasteiger partial charge in [0.1, 0.15) is 5.76 Å². The van der Waals surface area contributed by atoms with E-state index in [0.29, 0.717) is 25.0 Å². The van der Waals surface area contributed by atoms with E-state index in [1.54, 1.807) is 6.92 Å². The number of esters is 1. The zero-order valence-corrected chi connectivity index (χ0v) is 8.92. The second-order valence-electron chi connectivity index (χ2n) is 4.42. The maximum Gasteiger partial charge on any atom is 0.310 e. The molecule has 14 heavy (non-hydrogen) atoms. The van der Waals surface area contributed by atoms with E-state index in [4.69, 9.17) is 4.74 Å². The second-order valence-corrected chi connectivity index (χ2v) is 4.42. The first-order chi connectivity index (χ1) is 6.43. The summed E-state index contributed by atoms with van der Waals surface area (Å²) < 4.78 is 5.05. The molecule has 0 aliphatic heterocycles. The van der Waals surface area contributed by atoms with Crippen LogP contribution in [0.2, 0.25) is 0 Å². The number of hydrogen-bond acceptors (Lipinski definition) is 3. The fourth-order valence-corrected chi connectivity index (χ4v) is 1.57. The first-order valence-corrected chi connectivity index (χ1v) is 4.87. The SMILES string of the molecule is CCC(=O)OC1=CC(=O)CC(C)(C)C1. The lowest BCUT2D eigenvalue weighted by molar-refractivity contribution is -0.139. The average Bonchev–Trinajstić information content (AvgIpc) is 1.99. The van der Waals surface area contributed by atoms with E-state index in [1.165, 1.54) is 6.08 Å². The van der Waals surface area contributed by atoms with Gasteiger partial charge < -0.3 is 4.74 Å². The minimum absolute atomic E-state index is 0.0418. The zero-order valence-electron chi connectivity index (χ0n) is 8.92. The Balaban J connectivity index is 2.70. The molecule has 1 aliphatic carbocycles. The summed E-state index contributed by atoms with van der Waals surface area (Å²) in [6.07, 6.45) is 2.97. The Hall–Kier alpha value is -1.12. The molecule has 0 bridgehead atoms. The van der Waals surface area contributed by atoms with Crippen LogP contribution in [0.3, 0.4) is 0 Å². The number of ether oxygens (including phenoxy) is 1. The molecule has 0 radical (unpaired) electrons. The number of allylic oxidation sites excluding steroid dienone is 2. The summed E-state index contributed by atoms with van der Waals surface area (Å²) in [6.45, 7) is 5.73. The molecule has 0 aromatic heterocycles. The van der Waals surface area contributed by atoms with E-state index >= 15 is 0 Å². The van der Waals surface area contributed by atoms with Gasteiger partial charge in [0, 0.05) is 25.3 Å². The van der Waals surface area contributed by atoms with E-state index in [1.807, 2.05) is 13.8 Å². The summed E-state index contributed by atoms with van der Waals surface area (Å²) in [7, 11) is 0. The summed E-state index contributed by atoms with van der Waals surface area (Å²) in [5, 5.41) is 0. The summed E-state index contributed by atoms with van der Waals surface area (Å²) in [5.74, 6) is 0.278. The molecule has 1 rings (SSSR count). The molecule has 0 fully saturated rings. The highest BCUT2D eigenvalue weighted by atomic mass is 16.5. The Kier molecular flexibility index (Phi) is 3.09. The zero-order chi connectivity index (χ0) is 10.8. The molecular formula is C11H16O3. The standard InChI is InChI=1S/C11H16O3/c1-4-10(13)14-9-5-8(12)6-11(2,3)7-9/h5H,4,6-7H2,1-3H3. The predicted octanol–water partition coefficient (Wildman–Crippen LogP) is 2.21. The summed E-state index contributed by atoms with van der Waals surface area (Å²) >= 11 is 0. The molecule has 0 saturated carbocycles. The third-order valence-corrected chi connectivity index (χ3v) is 2.16. The molecular weight excluding hydrogens is 180 g/mol. The number of ketones is 1. The molecule has 0 spiro atoms. The number of carbonyl (C=O) groups excluding carboxylic acids is 2. The van der Waals surface area contributed by atoms with E-state index in [2.05, 4.69) is 0 Å². The number of rotatable bonds is 2. The highest BCUT2D eigenvalue weighted by molar-refractivity contribution is 5.92. The first kappa shape index (κ1) is 11.0. The largest absolute Gasteiger partial charge is 0.431 e. The lowest BCUT2D eigenvalue weighted by Crippen LogP contribution is -2.23. The van der Waals surface area contributed by atoms with Gasteiger partial charge in [-0.25, -0.2) is 0 Å². The highest BCUT2D eigenvalue weighted by Gasteiger charge is 2.29. The van der Waals surface area contributed by atoms with Crippen molar-refractivity contribution >= 4 is 11.8 Å².